The SMILES string of the molecule is O=C(O)C1CC1c1cnn2ccccc12. The lowest BCUT2D eigenvalue weighted by atomic mass is 10.1. The van der Waals surface area contributed by atoms with E-state index in [1.807, 2.05) is 24.4 Å². The Hall–Kier alpha value is -1.84. The van der Waals surface area contributed by atoms with Crippen LogP contribution >= 0.6 is 0 Å². The van der Waals surface area contributed by atoms with Crippen LogP contribution in [0, 0.1) is 5.92 Å². The first-order valence-corrected chi connectivity index (χ1v) is 4.92. The fourth-order valence-electron chi connectivity index (χ4n) is 2.05. The van der Waals surface area contributed by atoms with Crippen LogP contribution in [0.25, 0.3) is 5.52 Å². The molecule has 1 aliphatic carbocycles. The van der Waals surface area contributed by atoms with Crippen molar-refractivity contribution in [3.63, 3.8) is 0 Å². The summed E-state index contributed by atoms with van der Waals surface area (Å²) < 4.78 is 1.78. The van der Waals surface area contributed by atoms with Crippen LogP contribution in [0.4, 0.5) is 0 Å². The summed E-state index contributed by atoms with van der Waals surface area (Å²) in [5, 5.41) is 13.1. The van der Waals surface area contributed by atoms with Crippen molar-refractivity contribution >= 4 is 11.5 Å². The van der Waals surface area contributed by atoms with E-state index in [2.05, 4.69) is 5.10 Å². The van der Waals surface area contributed by atoms with Crippen LogP contribution < -0.4 is 0 Å². The second kappa shape index (κ2) is 2.82. The summed E-state index contributed by atoms with van der Waals surface area (Å²) >= 11 is 0. The van der Waals surface area contributed by atoms with Crippen molar-refractivity contribution in [2.24, 2.45) is 5.92 Å². The van der Waals surface area contributed by atoms with Crippen molar-refractivity contribution in [1.82, 2.24) is 9.61 Å². The lowest BCUT2D eigenvalue weighted by Crippen LogP contribution is -1.98. The van der Waals surface area contributed by atoms with Gasteiger partial charge in [-0.3, -0.25) is 4.79 Å². The molecule has 1 N–H and O–H groups in total. The van der Waals surface area contributed by atoms with Crippen LogP contribution in [-0.2, 0) is 4.79 Å². The maximum absolute atomic E-state index is 10.8. The Bertz CT molecular complexity index is 532. The van der Waals surface area contributed by atoms with E-state index in [1.54, 1.807) is 10.7 Å². The van der Waals surface area contributed by atoms with E-state index in [-0.39, 0.29) is 11.8 Å². The fourth-order valence-corrected chi connectivity index (χ4v) is 2.05. The molecule has 3 rings (SSSR count). The topological polar surface area (TPSA) is 54.6 Å². The van der Waals surface area contributed by atoms with Gasteiger partial charge in [-0.1, -0.05) is 6.07 Å². The maximum Gasteiger partial charge on any atom is 0.307 e. The van der Waals surface area contributed by atoms with E-state index in [9.17, 15) is 4.79 Å². The van der Waals surface area contributed by atoms with Crippen molar-refractivity contribution in [3.8, 4) is 0 Å². The number of fused-ring (bicyclic) bond motifs is 1. The van der Waals surface area contributed by atoms with E-state index < -0.39 is 5.97 Å². The molecule has 2 aromatic rings. The standard InChI is InChI=1S/C11H10N2O2/c14-11(15)8-5-7(8)9-6-12-13-4-2-1-3-10(9)13/h1-4,6-8H,5H2,(H,14,15). The van der Waals surface area contributed by atoms with E-state index in [0.717, 1.165) is 17.5 Å². The molecule has 2 atom stereocenters. The van der Waals surface area contributed by atoms with E-state index in [0.29, 0.717) is 0 Å². The Labute approximate surface area is 86.1 Å². The molecule has 4 nitrogen and oxygen atoms in total. The molecule has 0 amide bonds. The minimum atomic E-state index is -0.699. The second-order valence-electron chi connectivity index (χ2n) is 3.92. The lowest BCUT2D eigenvalue weighted by Gasteiger charge is -1.95. The highest BCUT2D eigenvalue weighted by Gasteiger charge is 2.45. The van der Waals surface area contributed by atoms with Crippen LogP contribution in [0.1, 0.15) is 17.9 Å². The third-order valence-corrected chi connectivity index (χ3v) is 2.96. The maximum atomic E-state index is 10.8. The first-order chi connectivity index (χ1) is 7.27. The normalized spacial score (nSPS) is 24.3. The summed E-state index contributed by atoms with van der Waals surface area (Å²) in [6.07, 6.45) is 4.39. The van der Waals surface area contributed by atoms with Crippen molar-refractivity contribution in [3.05, 3.63) is 36.2 Å². The van der Waals surface area contributed by atoms with Gasteiger partial charge in [-0.05, 0) is 18.6 Å². The molecule has 2 heterocycles. The summed E-state index contributed by atoms with van der Waals surface area (Å²) in [7, 11) is 0. The smallest absolute Gasteiger partial charge is 0.307 e. The monoisotopic (exact) mass is 202 g/mol. The first-order valence-electron chi connectivity index (χ1n) is 4.92. The number of pyridine rings is 1. The Morgan fingerprint density at radius 1 is 1.53 bits per heavy atom. The van der Waals surface area contributed by atoms with Crippen molar-refractivity contribution < 1.29 is 9.90 Å². The van der Waals surface area contributed by atoms with Gasteiger partial charge >= 0.3 is 5.97 Å². The van der Waals surface area contributed by atoms with Gasteiger partial charge in [0.15, 0.2) is 0 Å². The Balaban J connectivity index is 2.03. The summed E-state index contributed by atoms with van der Waals surface area (Å²) in [5.74, 6) is -0.754. The van der Waals surface area contributed by atoms with Crippen molar-refractivity contribution in [1.29, 1.82) is 0 Å². The minimum absolute atomic E-state index is 0.155. The van der Waals surface area contributed by atoms with Crippen LogP contribution in [-0.4, -0.2) is 20.7 Å². The van der Waals surface area contributed by atoms with Crippen LogP contribution in [0.3, 0.4) is 0 Å². The largest absolute Gasteiger partial charge is 0.481 e. The quantitative estimate of drug-likeness (QED) is 0.803. The molecule has 0 bridgehead atoms. The number of hydrogen-bond acceptors (Lipinski definition) is 2. The molecule has 2 aromatic heterocycles. The highest BCUT2D eigenvalue weighted by Crippen LogP contribution is 2.48. The molecule has 0 aliphatic heterocycles. The number of carboxylic acid groups (broad SMARTS) is 1. The van der Waals surface area contributed by atoms with E-state index in [1.165, 1.54) is 0 Å². The molecule has 0 radical (unpaired) electrons. The molecule has 0 aromatic carbocycles. The van der Waals surface area contributed by atoms with Gasteiger partial charge in [0.05, 0.1) is 17.6 Å². The van der Waals surface area contributed by atoms with Crippen LogP contribution in [0.2, 0.25) is 0 Å². The highest BCUT2D eigenvalue weighted by molar-refractivity contribution is 5.76. The second-order valence-corrected chi connectivity index (χ2v) is 3.92. The summed E-state index contributed by atoms with van der Waals surface area (Å²) in [6.45, 7) is 0. The van der Waals surface area contributed by atoms with Gasteiger partial charge in [0.25, 0.3) is 0 Å². The first kappa shape index (κ1) is 8.47. The third kappa shape index (κ3) is 1.21. The zero-order valence-electron chi connectivity index (χ0n) is 8.00. The number of rotatable bonds is 2. The summed E-state index contributed by atoms with van der Waals surface area (Å²) in [4.78, 5) is 10.8. The van der Waals surface area contributed by atoms with Gasteiger partial charge in [-0.2, -0.15) is 5.10 Å². The third-order valence-electron chi connectivity index (χ3n) is 2.96. The molecule has 1 saturated carbocycles. The van der Waals surface area contributed by atoms with E-state index in [4.69, 9.17) is 5.11 Å². The molecule has 76 valence electrons. The average molecular weight is 202 g/mol. The van der Waals surface area contributed by atoms with Gasteiger partial charge in [-0.25, -0.2) is 4.52 Å². The molecule has 4 heteroatoms. The average Bonchev–Trinajstić information content (AvgIpc) is 2.92. The molecule has 0 saturated heterocycles. The van der Waals surface area contributed by atoms with Crippen molar-refractivity contribution in [2.45, 2.75) is 12.3 Å². The number of aromatic nitrogens is 2. The van der Waals surface area contributed by atoms with Gasteiger partial charge in [0.2, 0.25) is 0 Å². The Kier molecular flexibility index (Phi) is 1.59. The number of hydrogen-bond donors (Lipinski definition) is 1. The van der Waals surface area contributed by atoms with Gasteiger partial charge in [0, 0.05) is 17.7 Å². The Morgan fingerprint density at radius 2 is 2.40 bits per heavy atom. The molecule has 1 fully saturated rings. The molecule has 15 heavy (non-hydrogen) atoms. The zero-order chi connectivity index (χ0) is 10.4. The molecule has 2 unspecified atom stereocenters. The van der Waals surface area contributed by atoms with Crippen LogP contribution in [0.5, 0.6) is 0 Å². The predicted molar refractivity (Wildman–Crippen MR) is 53.7 cm³/mol. The molecular formula is C11H10N2O2. The number of carbonyl (C=O) groups is 1. The van der Waals surface area contributed by atoms with E-state index >= 15 is 0 Å². The number of aliphatic carboxylic acids is 1. The summed E-state index contributed by atoms with van der Waals surface area (Å²) in [6, 6.07) is 5.82. The number of carboxylic acids is 1. The lowest BCUT2D eigenvalue weighted by molar-refractivity contribution is -0.138. The van der Waals surface area contributed by atoms with Crippen molar-refractivity contribution in [2.75, 3.05) is 0 Å². The number of nitrogens with zero attached hydrogens (tertiary/aromatic N) is 2. The Morgan fingerprint density at radius 3 is 3.13 bits per heavy atom. The van der Waals surface area contributed by atoms with Gasteiger partial charge in [-0.15, -0.1) is 0 Å². The summed E-state index contributed by atoms with van der Waals surface area (Å²) in [5.41, 5.74) is 2.08. The highest BCUT2D eigenvalue weighted by atomic mass is 16.4. The predicted octanol–water partition coefficient (Wildman–Crippen LogP) is 1.52. The molecular weight excluding hydrogens is 192 g/mol. The van der Waals surface area contributed by atoms with Crippen LogP contribution in [0.15, 0.2) is 30.6 Å². The molecule has 1 aliphatic rings. The van der Waals surface area contributed by atoms with Gasteiger partial charge in [0.1, 0.15) is 0 Å². The van der Waals surface area contributed by atoms with Gasteiger partial charge < -0.3 is 5.11 Å². The zero-order valence-corrected chi connectivity index (χ0v) is 8.00. The molecule has 0 spiro atoms. The minimum Gasteiger partial charge on any atom is -0.481 e. The fraction of sp³-hybridized carbons (Fsp3) is 0.273.